The molecule has 0 aromatic rings. The van der Waals surface area contributed by atoms with Gasteiger partial charge in [0.15, 0.2) is 0 Å². The second-order valence-corrected chi connectivity index (χ2v) is 6.25. The molecule has 0 amide bonds. The van der Waals surface area contributed by atoms with Gasteiger partial charge in [-0.15, -0.1) is 0 Å². The summed E-state index contributed by atoms with van der Waals surface area (Å²) in [6, 6.07) is 1.59. The molecule has 16 heavy (non-hydrogen) atoms. The Morgan fingerprint density at radius 1 is 1.38 bits per heavy atom. The Balaban J connectivity index is 1.81. The van der Waals surface area contributed by atoms with Gasteiger partial charge in [0.2, 0.25) is 0 Å². The first-order chi connectivity index (χ1) is 7.85. The highest BCUT2D eigenvalue weighted by atomic mass is 32.2. The van der Waals surface area contributed by atoms with E-state index in [1.165, 1.54) is 51.1 Å². The van der Waals surface area contributed by atoms with Gasteiger partial charge in [0.05, 0.1) is 0 Å². The first-order valence-electron chi connectivity index (χ1n) is 6.81. The van der Waals surface area contributed by atoms with E-state index in [9.17, 15) is 0 Å². The van der Waals surface area contributed by atoms with Crippen LogP contribution in [0.2, 0.25) is 0 Å². The van der Waals surface area contributed by atoms with Crippen LogP contribution in [0.5, 0.6) is 0 Å². The van der Waals surface area contributed by atoms with Gasteiger partial charge in [-0.1, -0.05) is 6.92 Å². The van der Waals surface area contributed by atoms with Crippen molar-refractivity contribution in [2.24, 2.45) is 5.92 Å². The average Bonchev–Trinajstić information content (AvgIpc) is 3.13. The lowest BCUT2D eigenvalue weighted by atomic mass is 10.0. The van der Waals surface area contributed by atoms with Gasteiger partial charge in [-0.2, -0.15) is 11.8 Å². The maximum atomic E-state index is 3.71. The molecule has 2 nitrogen and oxygen atoms in total. The Labute approximate surface area is 105 Å². The van der Waals surface area contributed by atoms with Crippen molar-refractivity contribution in [3.05, 3.63) is 0 Å². The van der Waals surface area contributed by atoms with E-state index < -0.39 is 0 Å². The molecule has 0 bridgehead atoms. The van der Waals surface area contributed by atoms with Crippen LogP contribution in [-0.4, -0.2) is 48.6 Å². The normalized spacial score (nSPS) is 31.9. The van der Waals surface area contributed by atoms with Crippen molar-refractivity contribution in [3.8, 4) is 0 Å². The number of nitrogens with one attached hydrogen (secondary N) is 1. The SMILES string of the molecule is CCC1CN(CCCSC)C(C2CC2)CN1. The maximum absolute atomic E-state index is 3.71. The molecule has 0 radical (unpaired) electrons. The molecule has 2 unspecified atom stereocenters. The van der Waals surface area contributed by atoms with E-state index in [-0.39, 0.29) is 0 Å². The summed E-state index contributed by atoms with van der Waals surface area (Å²) in [5, 5.41) is 3.71. The lowest BCUT2D eigenvalue weighted by Gasteiger charge is -2.40. The van der Waals surface area contributed by atoms with Gasteiger partial charge < -0.3 is 5.32 Å². The number of nitrogens with zero attached hydrogens (tertiary/aromatic N) is 1. The number of hydrogen-bond donors (Lipinski definition) is 1. The lowest BCUT2D eigenvalue weighted by Crippen LogP contribution is -2.57. The van der Waals surface area contributed by atoms with Crippen LogP contribution < -0.4 is 5.32 Å². The van der Waals surface area contributed by atoms with Crippen LogP contribution in [0, 0.1) is 5.92 Å². The molecule has 1 aliphatic carbocycles. The Hall–Kier alpha value is 0.270. The van der Waals surface area contributed by atoms with Crippen LogP contribution in [0.4, 0.5) is 0 Å². The molecular weight excluding hydrogens is 216 g/mol. The molecular formula is C13H26N2S. The second kappa shape index (κ2) is 6.27. The van der Waals surface area contributed by atoms with Crippen LogP contribution in [0.15, 0.2) is 0 Å². The summed E-state index contributed by atoms with van der Waals surface area (Å²) in [7, 11) is 0. The Morgan fingerprint density at radius 3 is 2.81 bits per heavy atom. The minimum atomic E-state index is 0.740. The van der Waals surface area contributed by atoms with Gasteiger partial charge in [-0.05, 0) is 50.2 Å². The van der Waals surface area contributed by atoms with Gasteiger partial charge >= 0.3 is 0 Å². The third-order valence-electron chi connectivity index (χ3n) is 3.99. The lowest BCUT2D eigenvalue weighted by molar-refractivity contribution is 0.114. The maximum Gasteiger partial charge on any atom is 0.0249 e. The zero-order valence-corrected chi connectivity index (χ0v) is 11.6. The molecule has 0 spiro atoms. The molecule has 94 valence electrons. The highest BCUT2D eigenvalue weighted by Crippen LogP contribution is 2.36. The summed E-state index contributed by atoms with van der Waals surface area (Å²) >= 11 is 1.98. The average molecular weight is 242 g/mol. The zero-order valence-electron chi connectivity index (χ0n) is 10.7. The minimum absolute atomic E-state index is 0.740. The topological polar surface area (TPSA) is 15.3 Å². The summed E-state index contributed by atoms with van der Waals surface area (Å²) in [4.78, 5) is 2.78. The minimum Gasteiger partial charge on any atom is -0.311 e. The molecule has 3 heteroatoms. The molecule has 2 atom stereocenters. The van der Waals surface area contributed by atoms with Gasteiger partial charge in [-0.25, -0.2) is 0 Å². The molecule has 2 fully saturated rings. The third-order valence-corrected chi connectivity index (χ3v) is 4.69. The van der Waals surface area contributed by atoms with E-state index in [1.54, 1.807) is 0 Å². The predicted molar refractivity (Wildman–Crippen MR) is 73.2 cm³/mol. The summed E-state index contributed by atoms with van der Waals surface area (Å²) in [5.41, 5.74) is 0. The summed E-state index contributed by atoms with van der Waals surface area (Å²) in [6.45, 7) is 6.14. The van der Waals surface area contributed by atoms with Gasteiger partial charge in [0.1, 0.15) is 0 Å². The quantitative estimate of drug-likeness (QED) is 0.719. The molecule has 1 saturated heterocycles. The van der Waals surface area contributed by atoms with Crippen molar-refractivity contribution in [1.82, 2.24) is 10.2 Å². The van der Waals surface area contributed by atoms with Crippen molar-refractivity contribution in [3.63, 3.8) is 0 Å². The Kier molecular flexibility index (Phi) is 4.98. The molecule has 2 aliphatic rings. The van der Waals surface area contributed by atoms with Crippen LogP contribution in [0.25, 0.3) is 0 Å². The monoisotopic (exact) mass is 242 g/mol. The molecule has 1 N–H and O–H groups in total. The van der Waals surface area contributed by atoms with Crippen LogP contribution in [0.1, 0.15) is 32.6 Å². The van der Waals surface area contributed by atoms with Crippen molar-refractivity contribution >= 4 is 11.8 Å². The zero-order chi connectivity index (χ0) is 11.4. The highest BCUT2D eigenvalue weighted by Gasteiger charge is 2.37. The fourth-order valence-corrected chi connectivity index (χ4v) is 3.21. The Morgan fingerprint density at radius 2 is 2.19 bits per heavy atom. The van der Waals surface area contributed by atoms with Gasteiger partial charge in [0.25, 0.3) is 0 Å². The summed E-state index contributed by atoms with van der Waals surface area (Å²) in [5.74, 6) is 2.33. The molecule has 0 aromatic carbocycles. The molecule has 1 aliphatic heterocycles. The van der Waals surface area contributed by atoms with E-state index >= 15 is 0 Å². The fraction of sp³-hybridized carbons (Fsp3) is 1.00. The van der Waals surface area contributed by atoms with Crippen LogP contribution >= 0.6 is 11.8 Å². The number of thioether (sulfide) groups is 1. The largest absolute Gasteiger partial charge is 0.311 e. The van der Waals surface area contributed by atoms with E-state index in [1.807, 2.05) is 11.8 Å². The smallest absolute Gasteiger partial charge is 0.0249 e. The van der Waals surface area contributed by atoms with E-state index in [4.69, 9.17) is 0 Å². The highest BCUT2D eigenvalue weighted by molar-refractivity contribution is 7.98. The standard InChI is InChI=1S/C13H26N2S/c1-3-12-10-15(7-4-8-16-2)13(9-14-12)11-5-6-11/h11-14H,3-10H2,1-2H3. The molecule has 0 aromatic heterocycles. The van der Waals surface area contributed by atoms with Crippen molar-refractivity contribution in [1.29, 1.82) is 0 Å². The summed E-state index contributed by atoms with van der Waals surface area (Å²) < 4.78 is 0. The van der Waals surface area contributed by atoms with E-state index in [2.05, 4.69) is 23.4 Å². The van der Waals surface area contributed by atoms with Crippen LogP contribution in [-0.2, 0) is 0 Å². The number of rotatable bonds is 6. The Bertz CT molecular complexity index is 206. The second-order valence-electron chi connectivity index (χ2n) is 5.26. The van der Waals surface area contributed by atoms with E-state index in [0.717, 1.165) is 18.0 Å². The number of piperazine rings is 1. The fourth-order valence-electron chi connectivity index (χ4n) is 2.79. The van der Waals surface area contributed by atoms with Crippen LogP contribution in [0.3, 0.4) is 0 Å². The van der Waals surface area contributed by atoms with Crippen molar-refractivity contribution in [2.45, 2.75) is 44.7 Å². The summed E-state index contributed by atoms with van der Waals surface area (Å²) in [6.07, 6.45) is 7.80. The predicted octanol–water partition coefficient (Wildman–Crippen LogP) is 2.20. The number of hydrogen-bond acceptors (Lipinski definition) is 3. The van der Waals surface area contributed by atoms with Crippen molar-refractivity contribution < 1.29 is 0 Å². The van der Waals surface area contributed by atoms with Gasteiger partial charge in [-0.3, -0.25) is 4.90 Å². The molecule has 1 heterocycles. The first-order valence-corrected chi connectivity index (χ1v) is 8.21. The molecule has 1 saturated carbocycles. The first kappa shape index (κ1) is 12.7. The third kappa shape index (κ3) is 3.38. The van der Waals surface area contributed by atoms with Crippen molar-refractivity contribution in [2.75, 3.05) is 31.6 Å². The molecule has 2 rings (SSSR count). The van der Waals surface area contributed by atoms with E-state index in [0.29, 0.717) is 0 Å². The van der Waals surface area contributed by atoms with Gasteiger partial charge in [0, 0.05) is 25.2 Å².